The lowest BCUT2D eigenvalue weighted by atomic mass is 10.2. The molecule has 2 heterocycles. The zero-order valence-corrected chi connectivity index (χ0v) is 14.0. The van der Waals surface area contributed by atoms with Gasteiger partial charge in [0, 0.05) is 17.3 Å². The summed E-state index contributed by atoms with van der Waals surface area (Å²) in [5.41, 5.74) is 1.56. The first-order valence-corrected chi connectivity index (χ1v) is 8.71. The van der Waals surface area contributed by atoms with Crippen LogP contribution in [0.2, 0.25) is 0 Å². The number of benzene rings is 1. The molecule has 0 aliphatic heterocycles. The lowest BCUT2D eigenvalue weighted by Crippen LogP contribution is -2.09. The summed E-state index contributed by atoms with van der Waals surface area (Å²) in [7, 11) is -0.818. The highest BCUT2D eigenvalue weighted by Crippen LogP contribution is 2.35. The normalized spacial score (nSPS) is 11.5. The summed E-state index contributed by atoms with van der Waals surface area (Å²) in [5, 5.41) is 10.4. The third kappa shape index (κ3) is 2.95. The van der Waals surface area contributed by atoms with E-state index in [-0.39, 0.29) is 22.6 Å². The maximum absolute atomic E-state index is 11.8. The maximum Gasteiger partial charge on any atom is 0.263 e. The highest BCUT2D eigenvalue weighted by molar-refractivity contribution is 7.90. The molecule has 0 fully saturated rings. The second-order valence-electron chi connectivity index (χ2n) is 4.97. The molecule has 3 aromatic rings. The van der Waals surface area contributed by atoms with Crippen LogP contribution in [0.15, 0.2) is 29.6 Å². The van der Waals surface area contributed by atoms with Crippen molar-refractivity contribution < 1.29 is 17.9 Å². The van der Waals surface area contributed by atoms with Crippen molar-refractivity contribution >= 4 is 32.2 Å². The number of hydrogen-bond acceptors (Lipinski definition) is 8. The predicted octanol–water partition coefficient (Wildman–Crippen LogP) is 1.52. The minimum Gasteiger partial charge on any atom is -0.489 e. The molecule has 0 spiro atoms. The molecule has 3 rings (SSSR count). The first-order valence-electron chi connectivity index (χ1n) is 6.82. The van der Waals surface area contributed by atoms with E-state index in [1.54, 1.807) is 12.3 Å². The van der Waals surface area contributed by atoms with Crippen molar-refractivity contribution in [3.05, 3.63) is 24.4 Å². The molecule has 0 saturated carbocycles. The Bertz CT molecular complexity index is 1000. The second-order valence-corrected chi connectivity index (χ2v) is 6.88. The summed E-state index contributed by atoms with van der Waals surface area (Å²) >= 11 is 0. The number of hydrogen-bond donors (Lipinski definition) is 2. The summed E-state index contributed by atoms with van der Waals surface area (Å²) < 4.78 is 33.9. The lowest BCUT2D eigenvalue weighted by molar-refractivity contribution is 0.338. The SMILES string of the molecule is COc1nc(S(C)(=O)=O)nc(Nc2ccc3[nH]ncc3c2)c1OC. The number of H-pyrrole nitrogens is 1. The molecular formula is C14H15N5O4S. The lowest BCUT2D eigenvalue weighted by Gasteiger charge is -2.14. The minimum absolute atomic E-state index is 0.0276. The molecule has 2 N–H and O–H groups in total. The van der Waals surface area contributed by atoms with E-state index in [1.165, 1.54) is 14.2 Å². The van der Waals surface area contributed by atoms with Crippen LogP contribution in [0.4, 0.5) is 11.5 Å². The number of fused-ring (bicyclic) bond motifs is 1. The predicted molar refractivity (Wildman–Crippen MR) is 87.6 cm³/mol. The van der Waals surface area contributed by atoms with Crippen molar-refractivity contribution in [1.82, 2.24) is 20.2 Å². The summed E-state index contributed by atoms with van der Waals surface area (Å²) in [5.74, 6) is 0.421. The van der Waals surface area contributed by atoms with Crippen LogP contribution < -0.4 is 14.8 Å². The Hall–Kier alpha value is -2.88. The van der Waals surface area contributed by atoms with E-state index in [1.807, 2.05) is 12.1 Å². The molecule has 24 heavy (non-hydrogen) atoms. The van der Waals surface area contributed by atoms with Crippen molar-refractivity contribution in [3.63, 3.8) is 0 Å². The number of anilines is 2. The third-order valence-corrected chi connectivity index (χ3v) is 4.09. The fourth-order valence-electron chi connectivity index (χ4n) is 2.14. The van der Waals surface area contributed by atoms with Crippen molar-refractivity contribution in [2.75, 3.05) is 25.8 Å². The van der Waals surface area contributed by atoms with Gasteiger partial charge in [-0.15, -0.1) is 0 Å². The van der Waals surface area contributed by atoms with Crippen LogP contribution in [0.1, 0.15) is 0 Å². The van der Waals surface area contributed by atoms with Crippen LogP contribution in [0.25, 0.3) is 10.9 Å². The number of aromatic amines is 1. The van der Waals surface area contributed by atoms with Gasteiger partial charge in [0.15, 0.2) is 5.82 Å². The van der Waals surface area contributed by atoms with Gasteiger partial charge in [-0.05, 0) is 18.2 Å². The number of rotatable bonds is 5. The van der Waals surface area contributed by atoms with Gasteiger partial charge in [0.25, 0.3) is 11.0 Å². The molecular weight excluding hydrogens is 334 g/mol. The zero-order chi connectivity index (χ0) is 17.3. The van der Waals surface area contributed by atoms with Gasteiger partial charge in [-0.25, -0.2) is 8.42 Å². The molecule has 0 atom stereocenters. The molecule has 1 aromatic carbocycles. The van der Waals surface area contributed by atoms with Crippen LogP contribution in [-0.2, 0) is 9.84 Å². The Kier molecular flexibility index (Phi) is 3.97. The summed E-state index contributed by atoms with van der Waals surface area (Å²) in [6.45, 7) is 0. The van der Waals surface area contributed by atoms with Crippen molar-refractivity contribution in [1.29, 1.82) is 0 Å². The van der Waals surface area contributed by atoms with E-state index in [4.69, 9.17) is 9.47 Å². The average Bonchev–Trinajstić information content (AvgIpc) is 3.00. The zero-order valence-electron chi connectivity index (χ0n) is 13.2. The van der Waals surface area contributed by atoms with Crippen LogP contribution in [0.5, 0.6) is 11.6 Å². The smallest absolute Gasteiger partial charge is 0.263 e. The molecule has 10 heteroatoms. The number of methoxy groups -OCH3 is 2. The van der Waals surface area contributed by atoms with Gasteiger partial charge in [-0.3, -0.25) is 5.10 Å². The Labute approximate surface area is 138 Å². The van der Waals surface area contributed by atoms with E-state index in [0.29, 0.717) is 5.69 Å². The topological polar surface area (TPSA) is 119 Å². The number of aromatic nitrogens is 4. The van der Waals surface area contributed by atoms with E-state index >= 15 is 0 Å². The number of nitrogens with zero attached hydrogens (tertiary/aromatic N) is 3. The van der Waals surface area contributed by atoms with Gasteiger partial charge in [0.2, 0.25) is 15.6 Å². The molecule has 2 aromatic heterocycles. The van der Waals surface area contributed by atoms with Gasteiger partial charge < -0.3 is 14.8 Å². The Morgan fingerprint density at radius 3 is 2.62 bits per heavy atom. The molecule has 0 amide bonds. The van der Waals surface area contributed by atoms with Crippen LogP contribution >= 0.6 is 0 Å². The van der Waals surface area contributed by atoms with Gasteiger partial charge in [0.1, 0.15) is 0 Å². The van der Waals surface area contributed by atoms with Gasteiger partial charge in [-0.2, -0.15) is 15.1 Å². The van der Waals surface area contributed by atoms with E-state index in [9.17, 15) is 8.42 Å². The van der Waals surface area contributed by atoms with E-state index in [0.717, 1.165) is 17.2 Å². The van der Waals surface area contributed by atoms with Crippen molar-refractivity contribution in [2.24, 2.45) is 0 Å². The highest BCUT2D eigenvalue weighted by Gasteiger charge is 2.21. The quantitative estimate of drug-likeness (QED) is 0.665. The fourth-order valence-corrected chi connectivity index (χ4v) is 2.65. The summed E-state index contributed by atoms with van der Waals surface area (Å²) in [4.78, 5) is 7.92. The van der Waals surface area contributed by atoms with Gasteiger partial charge in [-0.1, -0.05) is 0 Å². The summed E-state index contributed by atoms with van der Waals surface area (Å²) in [6, 6.07) is 5.48. The first kappa shape index (κ1) is 16.0. The second kappa shape index (κ2) is 5.96. The average molecular weight is 349 g/mol. The van der Waals surface area contributed by atoms with E-state index in [2.05, 4.69) is 25.5 Å². The Morgan fingerprint density at radius 2 is 1.96 bits per heavy atom. The molecule has 0 radical (unpaired) electrons. The highest BCUT2D eigenvalue weighted by atomic mass is 32.2. The molecule has 0 unspecified atom stereocenters. The monoisotopic (exact) mass is 349 g/mol. The largest absolute Gasteiger partial charge is 0.489 e. The summed E-state index contributed by atoms with van der Waals surface area (Å²) in [6.07, 6.45) is 2.70. The molecule has 0 aliphatic carbocycles. The molecule has 0 aliphatic rings. The number of nitrogens with one attached hydrogen (secondary N) is 2. The van der Waals surface area contributed by atoms with Crippen molar-refractivity contribution in [3.8, 4) is 11.6 Å². The maximum atomic E-state index is 11.8. The number of sulfone groups is 1. The van der Waals surface area contributed by atoms with Crippen LogP contribution in [0.3, 0.4) is 0 Å². The third-order valence-electron chi connectivity index (χ3n) is 3.25. The molecule has 0 bridgehead atoms. The molecule has 9 nitrogen and oxygen atoms in total. The number of ether oxygens (including phenoxy) is 2. The Morgan fingerprint density at radius 1 is 1.17 bits per heavy atom. The van der Waals surface area contributed by atoms with Gasteiger partial charge >= 0.3 is 0 Å². The standard InChI is InChI=1S/C14H15N5O4S/c1-22-11-12(17-14(24(3,20)21)18-13(11)23-2)16-9-4-5-10-8(6-9)7-15-19-10/h4-7H,1-3H3,(H,15,19)(H,16,17,18). The van der Waals surface area contributed by atoms with Crippen LogP contribution in [-0.4, -0.2) is 49.1 Å². The van der Waals surface area contributed by atoms with E-state index < -0.39 is 9.84 Å². The van der Waals surface area contributed by atoms with Gasteiger partial charge in [0.05, 0.1) is 25.9 Å². The minimum atomic E-state index is -3.61. The molecule has 126 valence electrons. The van der Waals surface area contributed by atoms with Crippen molar-refractivity contribution in [2.45, 2.75) is 5.16 Å². The fraction of sp³-hybridized carbons (Fsp3) is 0.214. The van der Waals surface area contributed by atoms with Crippen LogP contribution in [0, 0.1) is 0 Å². The molecule has 0 saturated heterocycles. The Balaban J connectivity index is 2.10. The first-order chi connectivity index (χ1) is 11.4.